The Morgan fingerprint density at radius 3 is 2.25 bits per heavy atom. The van der Waals surface area contributed by atoms with Crippen LogP contribution in [-0.2, 0) is 22.7 Å². The molecule has 6 nitrogen and oxygen atoms in total. The van der Waals surface area contributed by atoms with Gasteiger partial charge < -0.3 is 20.4 Å². The fraction of sp³-hybridized carbons (Fsp3) is 0.364. The van der Waals surface area contributed by atoms with Gasteiger partial charge in [-0.15, -0.1) is 0 Å². The Hall–Kier alpha value is -2.70. The first-order valence-electron chi connectivity index (χ1n) is 9.36. The van der Waals surface area contributed by atoms with Crippen LogP contribution in [0, 0.1) is 13.8 Å². The van der Waals surface area contributed by atoms with Crippen LogP contribution in [0.15, 0.2) is 48.5 Å². The third-order valence-corrected chi connectivity index (χ3v) is 4.72. The molecule has 28 heavy (non-hydrogen) atoms. The van der Waals surface area contributed by atoms with Crippen LogP contribution in [0.25, 0.3) is 0 Å². The molecule has 0 aromatic heterocycles. The zero-order chi connectivity index (χ0) is 20.7. The molecule has 2 unspecified atom stereocenters. The van der Waals surface area contributed by atoms with E-state index in [0.29, 0.717) is 13.1 Å². The van der Waals surface area contributed by atoms with Gasteiger partial charge in [-0.25, -0.2) is 0 Å². The van der Waals surface area contributed by atoms with Crippen LogP contribution in [0.5, 0.6) is 0 Å². The van der Waals surface area contributed by atoms with Gasteiger partial charge in [-0.3, -0.25) is 9.59 Å². The number of rotatable bonds is 8. The Kier molecular flexibility index (Phi) is 7.72. The van der Waals surface area contributed by atoms with Crippen LogP contribution in [0.1, 0.15) is 29.2 Å². The first-order valence-corrected chi connectivity index (χ1v) is 9.36. The van der Waals surface area contributed by atoms with Crippen molar-refractivity contribution >= 4 is 11.8 Å². The highest BCUT2D eigenvalue weighted by molar-refractivity contribution is 5.90. The third kappa shape index (κ3) is 5.65. The molecule has 0 saturated carbocycles. The van der Waals surface area contributed by atoms with Crippen LogP contribution in [0.3, 0.4) is 0 Å². The van der Waals surface area contributed by atoms with Crippen LogP contribution in [-0.4, -0.2) is 45.7 Å². The molecule has 2 amide bonds. The highest BCUT2D eigenvalue weighted by Gasteiger charge is 2.33. The minimum Gasteiger partial charge on any atom is -0.380 e. The third-order valence-electron chi connectivity index (χ3n) is 4.72. The maximum absolute atomic E-state index is 12.6. The van der Waals surface area contributed by atoms with Gasteiger partial charge in [0.05, 0.1) is 0 Å². The highest BCUT2D eigenvalue weighted by atomic mass is 16.3. The zero-order valence-corrected chi connectivity index (χ0v) is 16.6. The molecule has 0 saturated heterocycles. The van der Waals surface area contributed by atoms with Gasteiger partial charge in [0.25, 0.3) is 11.8 Å². The average molecular weight is 384 g/mol. The molecule has 6 heteroatoms. The van der Waals surface area contributed by atoms with Crippen LogP contribution in [0.4, 0.5) is 0 Å². The lowest BCUT2D eigenvalue weighted by molar-refractivity contribution is -0.153. The molecular weight excluding hydrogens is 356 g/mol. The molecule has 0 radical (unpaired) electrons. The van der Waals surface area contributed by atoms with E-state index in [1.807, 2.05) is 62.4 Å². The summed E-state index contributed by atoms with van der Waals surface area (Å²) in [4.78, 5) is 26.2. The summed E-state index contributed by atoms with van der Waals surface area (Å²) in [5, 5.41) is 22.9. The molecule has 2 atom stereocenters. The quantitative estimate of drug-likeness (QED) is 0.646. The molecular formula is C22H28N2O4. The molecule has 0 fully saturated rings. The SMILES string of the molecule is CCN(Cc1ccccc1C)C(=O)C(O)C(O)C(=O)NCc1ccc(C)cc1. The average Bonchev–Trinajstić information content (AvgIpc) is 2.71. The topological polar surface area (TPSA) is 89.9 Å². The van der Waals surface area contributed by atoms with Crippen molar-refractivity contribution in [3.05, 3.63) is 70.8 Å². The van der Waals surface area contributed by atoms with E-state index >= 15 is 0 Å². The lowest BCUT2D eigenvalue weighted by Gasteiger charge is -2.26. The second kappa shape index (κ2) is 10.0. The number of hydrogen-bond donors (Lipinski definition) is 3. The normalized spacial score (nSPS) is 12.9. The van der Waals surface area contributed by atoms with Crippen molar-refractivity contribution in [3.63, 3.8) is 0 Å². The summed E-state index contributed by atoms with van der Waals surface area (Å²) in [6.07, 6.45) is -3.65. The number of aryl methyl sites for hydroxylation is 2. The van der Waals surface area contributed by atoms with E-state index in [4.69, 9.17) is 0 Å². The maximum Gasteiger partial charge on any atom is 0.254 e. The molecule has 2 aromatic rings. The Labute approximate surface area is 165 Å². The first kappa shape index (κ1) is 21.6. The van der Waals surface area contributed by atoms with Crippen molar-refractivity contribution in [1.82, 2.24) is 10.2 Å². The van der Waals surface area contributed by atoms with Crippen molar-refractivity contribution in [2.24, 2.45) is 0 Å². The summed E-state index contributed by atoms with van der Waals surface area (Å²) in [6, 6.07) is 15.2. The Balaban J connectivity index is 1.96. The van der Waals surface area contributed by atoms with Crippen LogP contribution in [0.2, 0.25) is 0 Å². The molecule has 0 bridgehead atoms. The Bertz CT molecular complexity index is 804. The predicted molar refractivity (Wildman–Crippen MR) is 107 cm³/mol. The molecule has 0 aliphatic rings. The van der Waals surface area contributed by atoms with E-state index in [1.54, 1.807) is 6.92 Å². The minimum absolute atomic E-state index is 0.206. The van der Waals surface area contributed by atoms with E-state index in [9.17, 15) is 19.8 Å². The molecule has 0 spiro atoms. The summed E-state index contributed by atoms with van der Waals surface area (Å²) in [6.45, 7) is 6.55. The van der Waals surface area contributed by atoms with Gasteiger partial charge in [0.15, 0.2) is 12.2 Å². The number of likely N-dealkylation sites (N-methyl/N-ethyl adjacent to an activating group) is 1. The number of nitrogens with one attached hydrogen (secondary N) is 1. The van der Waals surface area contributed by atoms with Gasteiger partial charge in [-0.05, 0) is 37.5 Å². The van der Waals surface area contributed by atoms with E-state index in [-0.39, 0.29) is 6.54 Å². The lowest BCUT2D eigenvalue weighted by Crippen LogP contribution is -2.50. The van der Waals surface area contributed by atoms with E-state index in [0.717, 1.165) is 22.3 Å². The molecule has 2 aromatic carbocycles. The van der Waals surface area contributed by atoms with Gasteiger partial charge in [-0.2, -0.15) is 0 Å². The van der Waals surface area contributed by atoms with Gasteiger partial charge in [0, 0.05) is 19.6 Å². The number of carbonyl (C=O) groups excluding carboxylic acids is 2. The molecule has 0 heterocycles. The van der Waals surface area contributed by atoms with Crippen molar-refractivity contribution < 1.29 is 19.8 Å². The summed E-state index contributed by atoms with van der Waals surface area (Å²) in [5.41, 5.74) is 3.94. The second-order valence-corrected chi connectivity index (χ2v) is 6.87. The summed E-state index contributed by atoms with van der Waals surface area (Å²) >= 11 is 0. The van der Waals surface area contributed by atoms with Crippen LogP contribution >= 0.6 is 0 Å². The number of carbonyl (C=O) groups is 2. The summed E-state index contributed by atoms with van der Waals surface area (Å²) in [7, 11) is 0. The molecule has 0 aliphatic carbocycles. The number of amides is 2. The molecule has 150 valence electrons. The molecule has 2 rings (SSSR count). The highest BCUT2D eigenvalue weighted by Crippen LogP contribution is 2.12. The van der Waals surface area contributed by atoms with Crippen molar-refractivity contribution in [1.29, 1.82) is 0 Å². The van der Waals surface area contributed by atoms with Gasteiger partial charge in [0.2, 0.25) is 0 Å². The van der Waals surface area contributed by atoms with Crippen LogP contribution < -0.4 is 5.32 Å². The molecule has 0 aliphatic heterocycles. The van der Waals surface area contributed by atoms with E-state index in [1.165, 1.54) is 4.90 Å². The van der Waals surface area contributed by atoms with Gasteiger partial charge >= 0.3 is 0 Å². The lowest BCUT2D eigenvalue weighted by atomic mass is 10.1. The fourth-order valence-electron chi connectivity index (χ4n) is 2.80. The first-order chi connectivity index (χ1) is 13.3. The van der Waals surface area contributed by atoms with Crippen molar-refractivity contribution in [2.75, 3.05) is 6.54 Å². The second-order valence-electron chi connectivity index (χ2n) is 6.87. The number of aliphatic hydroxyl groups excluding tert-OH is 2. The zero-order valence-electron chi connectivity index (χ0n) is 16.6. The van der Waals surface area contributed by atoms with Crippen molar-refractivity contribution in [3.8, 4) is 0 Å². The maximum atomic E-state index is 12.6. The molecule has 3 N–H and O–H groups in total. The fourth-order valence-corrected chi connectivity index (χ4v) is 2.80. The van der Waals surface area contributed by atoms with Crippen molar-refractivity contribution in [2.45, 2.75) is 46.1 Å². The standard InChI is InChI=1S/C22H28N2O4/c1-4-24(14-18-8-6-5-7-16(18)3)22(28)20(26)19(25)21(27)23-13-17-11-9-15(2)10-12-17/h5-12,19-20,25-26H,4,13-14H2,1-3H3,(H,23,27). The largest absolute Gasteiger partial charge is 0.380 e. The van der Waals surface area contributed by atoms with E-state index in [2.05, 4.69) is 5.32 Å². The minimum atomic E-state index is -1.83. The number of hydrogen-bond acceptors (Lipinski definition) is 4. The summed E-state index contributed by atoms with van der Waals surface area (Å²) < 4.78 is 0. The number of aliphatic hydroxyl groups is 2. The number of benzene rings is 2. The summed E-state index contributed by atoms with van der Waals surface area (Å²) in [5.74, 6) is -1.46. The monoisotopic (exact) mass is 384 g/mol. The van der Waals surface area contributed by atoms with E-state index < -0.39 is 24.0 Å². The smallest absolute Gasteiger partial charge is 0.254 e. The van der Waals surface area contributed by atoms with Gasteiger partial charge in [-0.1, -0.05) is 54.1 Å². The Morgan fingerprint density at radius 2 is 1.64 bits per heavy atom. The van der Waals surface area contributed by atoms with Gasteiger partial charge in [0.1, 0.15) is 0 Å². The Morgan fingerprint density at radius 1 is 1.00 bits per heavy atom. The number of nitrogens with zero attached hydrogens (tertiary/aromatic N) is 1. The predicted octanol–water partition coefficient (Wildman–Crippen LogP) is 1.69.